The lowest BCUT2D eigenvalue weighted by Crippen LogP contribution is -2.29. The van der Waals surface area contributed by atoms with E-state index in [1.54, 1.807) is 0 Å². The standard InChI is InChI=1S/C24H20ClN3O/c25-18-11-13-19(14-12-18)28-23-21-20(16-7-3-1-4-8-16)22(17-9-5-2-6-10-17)29-24(21)27-15-26-23/h1-11,13,27H,12,14-15H2,(H,26,28). The number of rotatable bonds is 3. The molecule has 0 spiro atoms. The summed E-state index contributed by atoms with van der Waals surface area (Å²) >= 11 is 6.12. The molecule has 0 bridgehead atoms. The molecule has 1 aliphatic carbocycles. The first-order chi connectivity index (χ1) is 14.3. The number of amidine groups is 1. The summed E-state index contributed by atoms with van der Waals surface area (Å²) in [5.41, 5.74) is 5.23. The van der Waals surface area contributed by atoms with Gasteiger partial charge < -0.3 is 15.1 Å². The maximum absolute atomic E-state index is 6.33. The fourth-order valence-electron chi connectivity index (χ4n) is 3.69. The summed E-state index contributed by atoms with van der Waals surface area (Å²) < 4.78 is 6.33. The fraction of sp³-hybridized carbons (Fsp3) is 0.125. The number of benzene rings is 2. The zero-order valence-corrected chi connectivity index (χ0v) is 16.5. The highest BCUT2D eigenvalue weighted by Crippen LogP contribution is 2.42. The Morgan fingerprint density at radius 2 is 1.59 bits per heavy atom. The Balaban J connectivity index is 1.65. The van der Waals surface area contributed by atoms with Crippen molar-refractivity contribution in [3.63, 3.8) is 0 Å². The number of nitrogens with zero attached hydrogens (tertiary/aromatic N) is 1. The van der Waals surface area contributed by atoms with Crippen LogP contribution in [0.3, 0.4) is 0 Å². The fourth-order valence-corrected chi connectivity index (χ4v) is 3.85. The number of furan rings is 1. The highest BCUT2D eigenvalue weighted by Gasteiger charge is 2.28. The van der Waals surface area contributed by atoms with Crippen molar-refractivity contribution in [3.8, 4) is 22.5 Å². The molecule has 2 N–H and O–H groups in total. The van der Waals surface area contributed by atoms with Gasteiger partial charge in [-0.15, -0.1) is 0 Å². The van der Waals surface area contributed by atoms with Gasteiger partial charge in [-0.2, -0.15) is 0 Å². The van der Waals surface area contributed by atoms with Crippen molar-refractivity contribution >= 4 is 23.3 Å². The largest absolute Gasteiger partial charge is 0.439 e. The number of anilines is 1. The number of halogens is 1. The van der Waals surface area contributed by atoms with E-state index in [0.29, 0.717) is 6.67 Å². The van der Waals surface area contributed by atoms with Crippen molar-refractivity contribution in [2.75, 3.05) is 12.0 Å². The van der Waals surface area contributed by atoms with Gasteiger partial charge in [-0.3, -0.25) is 0 Å². The Kier molecular flexibility index (Phi) is 4.70. The third-order valence-electron chi connectivity index (χ3n) is 5.10. The van der Waals surface area contributed by atoms with Crippen LogP contribution in [-0.4, -0.2) is 12.5 Å². The maximum Gasteiger partial charge on any atom is 0.206 e. The molecule has 1 aliphatic heterocycles. The van der Waals surface area contributed by atoms with Gasteiger partial charge in [-0.05, 0) is 30.6 Å². The second kappa shape index (κ2) is 7.64. The first-order valence-electron chi connectivity index (χ1n) is 9.68. The van der Waals surface area contributed by atoms with E-state index < -0.39 is 0 Å². The average Bonchev–Trinajstić information content (AvgIpc) is 3.17. The molecular weight excluding hydrogens is 382 g/mol. The molecule has 0 saturated carbocycles. The van der Waals surface area contributed by atoms with E-state index in [-0.39, 0.29) is 0 Å². The molecule has 0 fully saturated rings. The second-order valence-electron chi connectivity index (χ2n) is 7.01. The number of nitrogens with one attached hydrogen (secondary N) is 2. The molecule has 0 amide bonds. The SMILES string of the molecule is ClC1=CC=C(NC2=NCNc3oc(-c4ccccc4)c(-c4ccccc4)c32)CC1. The molecule has 4 nitrogen and oxygen atoms in total. The van der Waals surface area contributed by atoms with Gasteiger partial charge in [0.15, 0.2) is 0 Å². The molecule has 3 aromatic rings. The summed E-state index contributed by atoms with van der Waals surface area (Å²) in [6.07, 6.45) is 5.67. The van der Waals surface area contributed by atoms with Crippen LogP contribution < -0.4 is 10.6 Å². The number of hydrogen-bond donors (Lipinski definition) is 2. The van der Waals surface area contributed by atoms with Crippen molar-refractivity contribution in [1.82, 2.24) is 5.32 Å². The number of allylic oxidation sites excluding steroid dienone is 4. The highest BCUT2D eigenvalue weighted by atomic mass is 35.5. The van der Waals surface area contributed by atoms with Gasteiger partial charge in [0.2, 0.25) is 5.88 Å². The molecule has 2 heterocycles. The van der Waals surface area contributed by atoms with Gasteiger partial charge in [-0.25, -0.2) is 4.99 Å². The van der Waals surface area contributed by atoms with E-state index in [4.69, 9.17) is 21.0 Å². The Hall–Kier alpha value is -3.24. The first-order valence-corrected chi connectivity index (χ1v) is 10.1. The molecule has 144 valence electrons. The van der Waals surface area contributed by atoms with Gasteiger partial charge in [-0.1, -0.05) is 72.3 Å². The van der Waals surface area contributed by atoms with Gasteiger partial charge in [0.25, 0.3) is 0 Å². The van der Waals surface area contributed by atoms with E-state index in [0.717, 1.165) is 63.3 Å². The van der Waals surface area contributed by atoms with Gasteiger partial charge in [0.05, 0.1) is 5.56 Å². The van der Waals surface area contributed by atoms with Crippen LogP contribution in [0.15, 0.2) is 93.0 Å². The first kappa shape index (κ1) is 17.8. The van der Waals surface area contributed by atoms with Gasteiger partial charge in [0.1, 0.15) is 18.3 Å². The van der Waals surface area contributed by atoms with Crippen LogP contribution in [0.5, 0.6) is 0 Å². The Morgan fingerprint density at radius 3 is 2.28 bits per heavy atom. The summed E-state index contributed by atoms with van der Waals surface area (Å²) in [7, 11) is 0. The Morgan fingerprint density at radius 1 is 0.862 bits per heavy atom. The smallest absolute Gasteiger partial charge is 0.206 e. The number of hydrogen-bond acceptors (Lipinski definition) is 4. The van der Waals surface area contributed by atoms with Crippen molar-refractivity contribution in [2.24, 2.45) is 4.99 Å². The monoisotopic (exact) mass is 401 g/mol. The lowest BCUT2D eigenvalue weighted by atomic mass is 9.96. The average molecular weight is 402 g/mol. The number of fused-ring (bicyclic) bond motifs is 1. The van der Waals surface area contributed by atoms with Crippen LogP contribution in [0, 0.1) is 0 Å². The van der Waals surface area contributed by atoms with E-state index in [1.807, 2.05) is 48.6 Å². The summed E-state index contributed by atoms with van der Waals surface area (Å²) in [5, 5.41) is 7.69. The van der Waals surface area contributed by atoms with Crippen LogP contribution in [0.4, 0.5) is 5.88 Å². The second-order valence-corrected chi connectivity index (χ2v) is 7.50. The summed E-state index contributed by atoms with van der Waals surface area (Å²) in [4.78, 5) is 4.72. The highest BCUT2D eigenvalue weighted by molar-refractivity contribution is 6.29. The van der Waals surface area contributed by atoms with Crippen LogP contribution in [0.1, 0.15) is 18.4 Å². The minimum atomic E-state index is 0.467. The van der Waals surface area contributed by atoms with Crippen LogP contribution in [-0.2, 0) is 0 Å². The predicted molar refractivity (Wildman–Crippen MR) is 119 cm³/mol. The van der Waals surface area contributed by atoms with E-state index in [9.17, 15) is 0 Å². The summed E-state index contributed by atoms with van der Waals surface area (Å²) in [5.74, 6) is 2.40. The van der Waals surface area contributed by atoms with E-state index >= 15 is 0 Å². The zero-order valence-electron chi connectivity index (χ0n) is 15.8. The number of aliphatic imine (C=N–C) groups is 1. The molecule has 0 unspecified atom stereocenters. The molecule has 2 aliphatic rings. The summed E-state index contributed by atoms with van der Waals surface area (Å²) in [6.45, 7) is 0.467. The summed E-state index contributed by atoms with van der Waals surface area (Å²) in [6, 6.07) is 20.5. The minimum Gasteiger partial charge on any atom is -0.439 e. The normalized spacial score (nSPS) is 15.6. The van der Waals surface area contributed by atoms with Crippen LogP contribution in [0.25, 0.3) is 22.5 Å². The van der Waals surface area contributed by atoms with Crippen molar-refractivity contribution in [3.05, 3.63) is 89.1 Å². The molecular formula is C24H20ClN3O. The van der Waals surface area contributed by atoms with Crippen molar-refractivity contribution in [1.29, 1.82) is 0 Å². The topological polar surface area (TPSA) is 49.6 Å². The van der Waals surface area contributed by atoms with E-state index in [1.165, 1.54) is 0 Å². The maximum atomic E-state index is 6.33. The molecule has 2 aromatic carbocycles. The quantitative estimate of drug-likeness (QED) is 0.554. The minimum absolute atomic E-state index is 0.467. The van der Waals surface area contributed by atoms with Crippen LogP contribution >= 0.6 is 11.6 Å². The molecule has 5 heteroatoms. The lowest BCUT2D eigenvalue weighted by molar-refractivity contribution is 0.593. The molecule has 1 aromatic heterocycles. The van der Waals surface area contributed by atoms with E-state index in [2.05, 4.69) is 34.9 Å². The van der Waals surface area contributed by atoms with Gasteiger partial charge in [0, 0.05) is 21.9 Å². The molecule has 0 radical (unpaired) electrons. The zero-order chi connectivity index (χ0) is 19.6. The van der Waals surface area contributed by atoms with Crippen molar-refractivity contribution in [2.45, 2.75) is 12.8 Å². The third kappa shape index (κ3) is 3.47. The predicted octanol–water partition coefficient (Wildman–Crippen LogP) is 6.13. The molecule has 29 heavy (non-hydrogen) atoms. The van der Waals surface area contributed by atoms with Crippen molar-refractivity contribution < 1.29 is 4.42 Å². The molecule has 0 saturated heterocycles. The molecule has 0 atom stereocenters. The Labute approximate surface area is 174 Å². The molecule has 5 rings (SSSR count). The Bertz CT molecular complexity index is 1130. The third-order valence-corrected chi connectivity index (χ3v) is 5.41. The lowest BCUT2D eigenvalue weighted by Gasteiger charge is -2.19. The van der Waals surface area contributed by atoms with Gasteiger partial charge >= 0.3 is 0 Å². The van der Waals surface area contributed by atoms with Crippen LogP contribution in [0.2, 0.25) is 0 Å².